The summed E-state index contributed by atoms with van der Waals surface area (Å²) in [5.41, 5.74) is 0. The van der Waals surface area contributed by atoms with Gasteiger partial charge in [0, 0.05) is 0 Å². The molecular formula is C4H7F3S. The van der Waals surface area contributed by atoms with Crippen molar-refractivity contribution in [1.82, 2.24) is 0 Å². The second-order valence-corrected chi connectivity index (χ2v) is 3.17. The molecule has 0 aliphatic rings. The Kier molecular flexibility index (Phi) is 1.86. The third kappa shape index (κ3) is 1.94. The largest absolute Gasteiger partial charge is 0.402 e. The van der Waals surface area contributed by atoms with Crippen molar-refractivity contribution < 1.29 is 13.2 Å². The first-order valence-corrected chi connectivity index (χ1v) is 2.49. The fourth-order valence-corrected chi connectivity index (χ4v) is 0. The maximum Gasteiger partial charge on any atom is 0.402 e. The average Bonchev–Trinajstić information content (AvgIpc) is 1.25. The van der Waals surface area contributed by atoms with Gasteiger partial charge in [-0.05, 0) is 13.8 Å². The molecule has 0 nitrogen and oxygen atoms in total. The van der Waals surface area contributed by atoms with Crippen LogP contribution >= 0.6 is 12.6 Å². The number of rotatable bonds is 0. The van der Waals surface area contributed by atoms with Gasteiger partial charge >= 0.3 is 6.18 Å². The van der Waals surface area contributed by atoms with E-state index in [9.17, 15) is 13.2 Å². The van der Waals surface area contributed by atoms with Crippen molar-refractivity contribution in [2.45, 2.75) is 24.8 Å². The molecule has 0 saturated carbocycles. The number of thiol groups is 1. The number of alkyl halides is 3. The van der Waals surface area contributed by atoms with Gasteiger partial charge in [0.05, 0.1) is 0 Å². The summed E-state index contributed by atoms with van der Waals surface area (Å²) in [5.74, 6) is 0. The van der Waals surface area contributed by atoms with E-state index >= 15 is 0 Å². The van der Waals surface area contributed by atoms with Crippen molar-refractivity contribution in [2.75, 3.05) is 0 Å². The van der Waals surface area contributed by atoms with Gasteiger partial charge in [0.25, 0.3) is 0 Å². The van der Waals surface area contributed by atoms with Crippen molar-refractivity contribution in [1.29, 1.82) is 0 Å². The van der Waals surface area contributed by atoms with Crippen LogP contribution in [0, 0.1) is 0 Å². The average molecular weight is 144 g/mol. The van der Waals surface area contributed by atoms with Gasteiger partial charge in [-0.1, -0.05) is 0 Å². The second-order valence-electron chi connectivity index (χ2n) is 2.06. The van der Waals surface area contributed by atoms with Gasteiger partial charge in [0.15, 0.2) is 0 Å². The van der Waals surface area contributed by atoms with Crippen molar-refractivity contribution in [3.8, 4) is 0 Å². The van der Waals surface area contributed by atoms with Gasteiger partial charge in [-0.2, -0.15) is 25.8 Å². The molecule has 0 spiro atoms. The van der Waals surface area contributed by atoms with E-state index < -0.39 is 10.9 Å². The Morgan fingerprint density at radius 1 is 1.12 bits per heavy atom. The first kappa shape index (κ1) is 8.14. The molecule has 0 fully saturated rings. The van der Waals surface area contributed by atoms with Crippen LogP contribution in [0.3, 0.4) is 0 Å². The molecule has 0 aromatic rings. The van der Waals surface area contributed by atoms with Crippen LogP contribution in [-0.4, -0.2) is 10.9 Å². The molecule has 0 aliphatic heterocycles. The molecule has 0 amide bonds. The molecule has 0 aromatic heterocycles. The minimum absolute atomic E-state index is 1.01. The summed E-state index contributed by atoms with van der Waals surface area (Å²) in [6.07, 6.45) is -4.20. The minimum atomic E-state index is -4.20. The summed E-state index contributed by atoms with van der Waals surface area (Å²) < 4.78 is 32.6. The Labute approximate surface area is 51.5 Å². The zero-order valence-electron chi connectivity index (χ0n) is 4.58. The summed E-state index contributed by atoms with van der Waals surface area (Å²) in [7, 11) is 0. The summed E-state index contributed by atoms with van der Waals surface area (Å²) >= 11 is 3.31. The first-order valence-electron chi connectivity index (χ1n) is 2.04. The molecule has 0 N–H and O–H groups in total. The van der Waals surface area contributed by atoms with E-state index in [1.54, 1.807) is 0 Å². The lowest BCUT2D eigenvalue weighted by Crippen LogP contribution is -2.32. The lowest BCUT2D eigenvalue weighted by Gasteiger charge is -2.20. The summed E-state index contributed by atoms with van der Waals surface area (Å²) in [4.78, 5) is 0. The Balaban J connectivity index is 4.02. The normalized spacial score (nSPS) is 14.2. The third-order valence-corrected chi connectivity index (χ3v) is 0.947. The van der Waals surface area contributed by atoms with E-state index in [1.807, 2.05) is 0 Å². The van der Waals surface area contributed by atoms with Gasteiger partial charge in [-0.15, -0.1) is 0 Å². The van der Waals surface area contributed by atoms with E-state index in [1.165, 1.54) is 0 Å². The Morgan fingerprint density at radius 2 is 1.25 bits per heavy atom. The van der Waals surface area contributed by atoms with E-state index in [0.29, 0.717) is 0 Å². The van der Waals surface area contributed by atoms with Crippen LogP contribution < -0.4 is 0 Å². The van der Waals surface area contributed by atoms with Gasteiger partial charge < -0.3 is 0 Å². The lowest BCUT2D eigenvalue weighted by molar-refractivity contribution is -0.150. The van der Waals surface area contributed by atoms with Crippen LogP contribution in [0.5, 0.6) is 0 Å². The van der Waals surface area contributed by atoms with Crippen molar-refractivity contribution >= 4 is 12.6 Å². The molecule has 0 heterocycles. The summed E-state index contributed by atoms with van der Waals surface area (Å²) in [6.45, 7) is 2.02. The maximum absolute atomic E-state index is 11.5. The van der Waals surface area contributed by atoms with Crippen molar-refractivity contribution in [3.05, 3.63) is 0 Å². The number of hydrogen-bond donors (Lipinski definition) is 1. The second kappa shape index (κ2) is 1.83. The molecule has 0 aromatic carbocycles. The van der Waals surface area contributed by atoms with Gasteiger partial charge in [-0.3, -0.25) is 0 Å². The molecule has 0 atom stereocenters. The maximum atomic E-state index is 11.5. The smallest absolute Gasteiger partial charge is 0.170 e. The van der Waals surface area contributed by atoms with Crippen molar-refractivity contribution in [2.24, 2.45) is 0 Å². The Morgan fingerprint density at radius 3 is 1.25 bits per heavy atom. The minimum Gasteiger partial charge on any atom is -0.170 e. The zero-order chi connectivity index (χ0) is 7.00. The fourth-order valence-electron chi connectivity index (χ4n) is 0. The SMILES string of the molecule is CC(C)(S)C(F)(F)F. The Bertz CT molecular complexity index is 66.3. The number of hydrogen-bond acceptors (Lipinski definition) is 1. The predicted octanol–water partition coefficient (Wildman–Crippen LogP) is 2.26. The van der Waals surface area contributed by atoms with Crippen LogP contribution in [0.2, 0.25) is 0 Å². The van der Waals surface area contributed by atoms with Gasteiger partial charge in [-0.25, -0.2) is 0 Å². The molecule has 4 heteroatoms. The molecule has 0 rings (SSSR count). The molecule has 0 aliphatic carbocycles. The molecular weight excluding hydrogens is 137 g/mol. The standard InChI is InChI=1S/C4H7F3S/c1-3(2,8)4(5,6)7/h8H,1-2H3. The van der Waals surface area contributed by atoms with Crippen LogP contribution in [0.15, 0.2) is 0 Å². The first-order chi connectivity index (χ1) is 3.25. The third-order valence-electron chi connectivity index (χ3n) is 0.694. The molecule has 50 valence electrons. The predicted molar refractivity (Wildman–Crippen MR) is 29.1 cm³/mol. The topological polar surface area (TPSA) is 0 Å². The van der Waals surface area contributed by atoms with E-state index in [2.05, 4.69) is 12.6 Å². The molecule has 0 saturated heterocycles. The Hall–Kier alpha value is 0.140. The quantitative estimate of drug-likeness (QED) is 0.495. The molecule has 0 radical (unpaired) electrons. The van der Waals surface area contributed by atoms with E-state index in [0.717, 1.165) is 13.8 Å². The molecule has 0 bridgehead atoms. The van der Waals surface area contributed by atoms with Crippen LogP contribution in [0.25, 0.3) is 0 Å². The van der Waals surface area contributed by atoms with Crippen LogP contribution in [0.1, 0.15) is 13.8 Å². The zero-order valence-corrected chi connectivity index (χ0v) is 5.48. The highest BCUT2D eigenvalue weighted by molar-refractivity contribution is 7.81. The van der Waals surface area contributed by atoms with Crippen LogP contribution in [0.4, 0.5) is 13.2 Å². The lowest BCUT2D eigenvalue weighted by atomic mass is 10.2. The van der Waals surface area contributed by atoms with Crippen molar-refractivity contribution in [3.63, 3.8) is 0 Å². The number of halogens is 3. The summed E-state index contributed by atoms with van der Waals surface area (Å²) in [5, 5.41) is 0. The van der Waals surface area contributed by atoms with Crippen LogP contribution in [-0.2, 0) is 0 Å². The molecule has 8 heavy (non-hydrogen) atoms. The molecule has 0 unspecified atom stereocenters. The highest BCUT2D eigenvalue weighted by atomic mass is 32.1. The highest BCUT2D eigenvalue weighted by Gasteiger charge is 2.44. The van der Waals surface area contributed by atoms with Gasteiger partial charge in [0.1, 0.15) is 4.75 Å². The van der Waals surface area contributed by atoms with E-state index in [4.69, 9.17) is 0 Å². The van der Waals surface area contributed by atoms with E-state index in [-0.39, 0.29) is 0 Å². The summed E-state index contributed by atoms with van der Waals surface area (Å²) in [6, 6.07) is 0. The monoisotopic (exact) mass is 144 g/mol. The van der Waals surface area contributed by atoms with Gasteiger partial charge in [0.2, 0.25) is 0 Å². The highest BCUT2D eigenvalue weighted by Crippen LogP contribution is 2.34. The fraction of sp³-hybridized carbons (Fsp3) is 1.00.